The van der Waals surface area contributed by atoms with Gasteiger partial charge in [0.15, 0.2) is 17.3 Å². The molecule has 1 aliphatic heterocycles. The van der Waals surface area contributed by atoms with E-state index in [0.717, 1.165) is 30.7 Å². The second-order valence-corrected chi connectivity index (χ2v) is 6.62. The third kappa shape index (κ3) is 3.32. The maximum absolute atomic E-state index is 13.6. The Balaban J connectivity index is 1.84. The Morgan fingerprint density at radius 2 is 1.89 bits per heavy atom. The number of likely N-dealkylation sites (tertiary alicyclic amines) is 1. The summed E-state index contributed by atoms with van der Waals surface area (Å²) in [6.07, 6.45) is 3.44. The fraction of sp³-hybridized carbons (Fsp3) is 0.250. The van der Waals surface area contributed by atoms with Crippen molar-refractivity contribution < 1.29 is 13.6 Å². The summed E-state index contributed by atoms with van der Waals surface area (Å²) >= 11 is 0. The van der Waals surface area contributed by atoms with Crippen LogP contribution in [-0.2, 0) is 0 Å². The average molecular weight is 368 g/mol. The van der Waals surface area contributed by atoms with Gasteiger partial charge in [0.25, 0.3) is 5.91 Å². The fourth-order valence-electron chi connectivity index (χ4n) is 3.28. The summed E-state index contributed by atoms with van der Waals surface area (Å²) in [5.41, 5.74) is 2.51. The van der Waals surface area contributed by atoms with Gasteiger partial charge in [-0.05, 0) is 44.0 Å². The van der Waals surface area contributed by atoms with Crippen LogP contribution in [0.4, 0.5) is 20.2 Å². The number of rotatable bonds is 3. The summed E-state index contributed by atoms with van der Waals surface area (Å²) in [5.74, 6) is -2.02. The van der Waals surface area contributed by atoms with Gasteiger partial charge in [0.05, 0.1) is 11.3 Å². The van der Waals surface area contributed by atoms with Crippen LogP contribution in [0.5, 0.6) is 0 Å². The molecule has 3 heterocycles. The lowest BCUT2D eigenvalue weighted by molar-refractivity contribution is 0.0793. The lowest BCUT2D eigenvalue weighted by atomic mass is 10.1. The van der Waals surface area contributed by atoms with Crippen molar-refractivity contribution in [3.8, 4) is 0 Å². The van der Waals surface area contributed by atoms with Gasteiger partial charge in [0.2, 0.25) is 0 Å². The quantitative estimate of drug-likeness (QED) is 0.753. The number of anilines is 2. The highest BCUT2D eigenvalue weighted by Crippen LogP contribution is 2.30. The van der Waals surface area contributed by atoms with E-state index in [9.17, 15) is 13.6 Å². The number of carbonyl (C=O) groups excluding carboxylic acids is 1. The van der Waals surface area contributed by atoms with Crippen molar-refractivity contribution in [2.24, 2.45) is 0 Å². The summed E-state index contributed by atoms with van der Waals surface area (Å²) in [5, 5.41) is 3.72. The second-order valence-electron chi connectivity index (χ2n) is 6.62. The van der Waals surface area contributed by atoms with Gasteiger partial charge in [0.1, 0.15) is 0 Å². The molecule has 1 aliphatic rings. The molecule has 0 atom stereocenters. The molecule has 1 fully saturated rings. The Labute approximate surface area is 155 Å². The van der Waals surface area contributed by atoms with Crippen molar-refractivity contribution >= 4 is 28.3 Å². The fourth-order valence-corrected chi connectivity index (χ4v) is 3.28. The van der Waals surface area contributed by atoms with Gasteiger partial charge < -0.3 is 10.2 Å². The first-order valence-electron chi connectivity index (χ1n) is 8.80. The Kier molecular flexibility index (Phi) is 4.43. The minimum Gasteiger partial charge on any atom is -0.354 e. The lowest BCUT2D eigenvalue weighted by Gasteiger charge is -2.19. The smallest absolute Gasteiger partial charge is 0.257 e. The zero-order chi connectivity index (χ0) is 19.0. The lowest BCUT2D eigenvalue weighted by Crippen LogP contribution is -2.28. The van der Waals surface area contributed by atoms with Crippen LogP contribution >= 0.6 is 0 Å². The number of halogens is 2. The number of benzene rings is 1. The van der Waals surface area contributed by atoms with Crippen LogP contribution < -0.4 is 5.32 Å². The molecule has 5 nitrogen and oxygen atoms in total. The molecule has 0 radical (unpaired) electrons. The maximum atomic E-state index is 13.6. The molecule has 0 bridgehead atoms. The number of pyridine rings is 2. The largest absolute Gasteiger partial charge is 0.354 e. The van der Waals surface area contributed by atoms with E-state index in [1.807, 2.05) is 19.1 Å². The van der Waals surface area contributed by atoms with Crippen LogP contribution in [0.1, 0.15) is 28.9 Å². The molecule has 1 aromatic carbocycles. The van der Waals surface area contributed by atoms with E-state index in [1.165, 1.54) is 12.3 Å². The molecule has 0 saturated carbocycles. The first-order valence-corrected chi connectivity index (χ1v) is 8.80. The Hall–Kier alpha value is -3.09. The van der Waals surface area contributed by atoms with E-state index in [4.69, 9.17) is 0 Å². The highest BCUT2D eigenvalue weighted by Gasteiger charge is 2.24. The van der Waals surface area contributed by atoms with E-state index < -0.39 is 11.6 Å². The third-order valence-electron chi connectivity index (χ3n) is 4.68. The second kappa shape index (κ2) is 6.90. The zero-order valence-corrected chi connectivity index (χ0v) is 14.8. The predicted octanol–water partition coefficient (Wildman–Crippen LogP) is 4.20. The van der Waals surface area contributed by atoms with E-state index in [1.54, 1.807) is 4.90 Å². The number of carbonyl (C=O) groups is 1. The normalized spacial score (nSPS) is 14.0. The third-order valence-corrected chi connectivity index (χ3v) is 4.68. The van der Waals surface area contributed by atoms with Gasteiger partial charge in [-0.1, -0.05) is 0 Å². The molecule has 0 unspecified atom stereocenters. The van der Waals surface area contributed by atoms with Gasteiger partial charge in [-0.15, -0.1) is 0 Å². The Bertz CT molecular complexity index is 1030. The molecule has 0 spiro atoms. The molecular weight excluding hydrogens is 350 g/mol. The monoisotopic (exact) mass is 368 g/mol. The zero-order valence-electron chi connectivity index (χ0n) is 14.8. The van der Waals surface area contributed by atoms with Crippen LogP contribution in [0.3, 0.4) is 0 Å². The summed E-state index contributed by atoms with van der Waals surface area (Å²) in [7, 11) is 0. The summed E-state index contributed by atoms with van der Waals surface area (Å²) < 4.78 is 26.9. The standard InChI is InChI=1S/C20H18F2N4O/c1-12-4-6-14-18(25-13-5-7-16(21)17(22)10-13)15(11-23-19(14)24-12)20(27)26-8-2-3-9-26/h4-7,10-11H,2-3,8-9H2,1H3,(H,23,24,25). The Morgan fingerprint density at radius 3 is 2.63 bits per heavy atom. The SMILES string of the molecule is Cc1ccc2c(Nc3ccc(F)c(F)c3)c(C(=O)N3CCCC3)cnc2n1. The summed E-state index contributed by atoms with van der Waals surface area (Å²) in [6.45, 7) is 3.26. The number of hydrogen-bond acceptors (Lipinski definition) is 4. The van der Waals surface area contributed by atoms with Crippen LogP contribution in [0, 0.1) is 18.6 Å². The van der Waals surface area contributed by atoms with Crippen molar-refractivity contribution in [3.05, 3.63) is 59.4 Å². The topological polar surface area (TPSA) is 58.1 Å². The van der Waals surface area contributed by atoms with E-state index in [-0.39, 0.29) is 5.91 Å². The van der Waals surface area contributed by atoms with E-state index in [0.29, 0.717) is 41.1 Å². The number of hydrogen-bond donors (Lipinski definition) is 1. The van der Waals surface area contributed by atoms with E-state index in [2.05, 4.69) is 15.3 Å². The molecule has 1 amide bonds. The number of fused-ring (bicyclic) bond motifs is 1. The molecule has 7 heteroatoms. The number of nitrogens with one attached hydrogen (secondary N) is 1. The number of aromatic nitrogens is 2. The molecule has 2 aromatic heterocycles. The molecule has 1 N–H and O–H groups in total. The highest BCUT2D eigenvalue weighted by molar-refractivity contribution is 6.07. The van der Waals surface area contributed by atoms with Crippen LogP contribution in [-0.4, -0.2) is 33.9 Å². The molecule has 3 aromatic rings. The minimum absolute atomic E-state index is 0.132. The van der Waals surface area contributed by atoms with Crippen molar-refractivity contribution in [2.75, 3.05) is 18.4 Å². The number of amides is 1. The van der Waals surface area contributed by atoms with Crippen LogP contribution in [0.2, 0.25) is 0 Å². The first kappa shape index (κ1) is 17.3. The van der Waals surface area contributed by atoms with Crippen molar-refractivity contribution in [3.63, 3.8) is 0 Å². The van der Waals surface area contributed by atoms with Gasteiger partial charge in [-0.2, -0.15) is 0 Å². The van der Waals surface area contributed by atoms with Gasteiger partial charge >= 0.3 is 0 Å². The highest BCUT2D eigenvalue weighted by atomic mass is 19.2. The number of nitrogens with zero attached hydrogens (tertiary/aromatic N) is 3. The van der Waals surface area contributed by atoms with Gasteiger partial charge in [0, 0.05) is 42.1 Å². The van der Waals surface area contributed by atoms with Crippen molar-refractivity contribution in [1.29, 1.82) is 0 Å². The molecule has 4 rings (SSSR count). The average Bonchev–Trinajstić information content (AvgIpc) is 3.19. The minimum atomic E-state index is -0.959. The molecule has 27 heavy (non-hydrogen) atoms. The molecule has 138 valence electrons. The van der Waals surface area contributed by atoms with Crippen molar-refractivity contribution in [2.45, 2.75) is 19.8 Å². The number of aryl methyl sites for hydroxylation is 1. The van der Waals surface area contributed by atoms with Crippen LogP contribution in [0.25, 0.3) is 11.0 Å². The van der Waals surface area contributed by atoms with Crippen LogP contribution in [0.15, 0.2) is 36.5 Å². The van der Waals surface area contributed by atoms with Gasteiger partial charge in [-0.3, -0.25) is 4.79 Å². The van der Waals surface area contributed by atoms with Crippen molar-refractivity contribution in [1.82, 2.24) is 14.9 Å². The van der Waals surface area contributed by atoms with E-state index >= 15 is 0 Å². The van der Waals surface area contributed by atoms with Gasteiger partial charge in [-0.25, -0.2) is 18.7 Å². The molecular formula is C20H18F2N4O. The molecule has 0 aliphatic carbocycles. The first-order chi connectivity index (χ1) is 13.0. The summed E-state index contributed by atoms with van der Waals surface area (Å²) in [6, 6.07) is 7.19. The summed E-state index contributed by atoms with van der Waals surface area (Å²) in [4.78, 5) is 23.5. The molecule has 1 saturated heterocycles. The predicted molar refractivity (Wildman–Crippen MR) is 99.1 cm³/mol. The maximum Gasteiger partial charge on any atom is 0.257 e. The Morgan fingerprint density at radius 1 is 1.11 bits per heavy atom.